The molecule has 0 saturated heterocycles. The molecule has 1 aliphatic carbocycles. The monoisotopic (exact) mass is 265 g/mol. The predicted molar refractivity (Wildman–Crippen MR) is 71.2 cm³/mol. The molecule has 1 aliphatic rings. The molecule has 104 valence electrons. The van der Waals surface area contributed by atoms with Crippen LogP contribution in [-0.4, -0.2) is 22.7 Å². The van der Waals surface area contributed by atoms with Crippen molar-refractivity contribution in [1.82, 2.24) is 5.32 Å². The average molecular weight is 265 g/mol. The zero-order valence-electron chi connectivity index (χ0n) is 11.5. The summed E-state index contributed by atoms with van der Waals surface area (Å²) in [6.45, 7) is 5.23. The summed E-state index contributed by atoms with van der Waals surface area (Å²) >= 11 is 0. The number of rotatable bonds is 4. The molecular formula is C15H20FNO2. The molecule has 1 amide bonds. The van der Waals surface area contributed by atoms with Crippen LogP contribution in [0.2, 0.25) is 0 Å². The Balaban J connectivity index is 2.17. The Morgan fingerprint density at radius 1 is 1.37 bits per heavy atom. The van der Waals surface area contributed by atoms with Crippen molar-refractivity contribution < 1.29 is 14.3 Å². The van der Waals surface area contributed by atoms with Gasteiger partial charge in [-0.15, -0.1) is 0 Å². The van der Waals surface area contributed by atoms with Gasteiger partial charge >= 0.3 is 0 Å². The van der Waals surface area contributed by atoms with Crippen molar-refractivity contribution in [2.24, 2.45) is 0 Å². The first-order valence-corrected chi connectivity index (χ1v) is 6.55. The van der Waals surface area contributed by atoms with Crippen LogP contribution in [0.15, 0.2) is 24.3 Å². The molecule has 0 aliphatic heterocycles. The third-order valence-electron chi connectivity index (χ3n) is 4.06. The SMILES string of the molecule is CC(O)C(C)(C)NC(=O)C1(c2ccc(F)cc2)CC1. The highest BCUT2D eigenvalue weighted by atomic mass is 19.1. The Hall–Kier alpha value is -1.42. The highest BCUT2D eigenvalue weighted by Gasteiger charge is 2.52. The van der Waals surface area contributed by atoms with Crippen LogP contribution in [0, 0.1) is 5.82 Å². The topological polar surface area (TPSA) is 49.3 Å². The summed E-state index contributed by atoms with van der Waals surface area (Å²) < 4.78 is 12.9. The average Bonchev–Trinajstić information content (AvgIpc) is 3.10. The molecule has 2 rings (SSSR count). The van der Waals surface area contributed by atoms with Crippen molar-refractivity contribution in [2.45, 2.75) is 50.7 Å². The van der Waals surface area contributed by atoms with Gasteiger partial charge in [-0.2, -0.15) is 0 Å². The van der Waals surface area contributed by atoms with Gasteiger partial charge in [-0.05, 0) is 51.3 Å². The van der Waals surface area contributed by atoms with Crippen LogP contribution in [-0.2, 0) is 10.2 Å². The Bertz CT molecular complexity index is 475. The van der Waals surface area contributed by atoms with Gasteiger partial charge in [0.1, 0.15) is 5.82 Å². The van der Waals surface area contributed by atoms with Crippen molar-refractivity contribution >= 4 is 5.91 Å². The second-order valence-corrected chi connectivity index (χ2v) is 5.94. The van der Waals surface area contributed by atoms with E-state index >= 15 is 0 Å². The van der Waals surface area contributed by atoms with Crippen molar-refractivity contribution in [2.75, 3.05) is 0 Å². The standard InChI is InChI=1S/C15H20FNO2/c1-10(18)14(2,3)17-13(19)15(8-9-15)11-4-6-12(16)7-5-11/h4-7,10,18H,8-9H2,1-3H3,(H,17,19). The highest BCUT2D eigenvalue weighted by Crippen LogP contribution is 2.48. The summed E-state index contributed by atoms with van der Waals surface area (Å²) in [5.74, 6) is -0.394. The van der Waals surface area contributed by atoms with Gasteiger partial charge in [0.15, 0.2) is 0 Å². The molecule has 1 aromatic carbocycles. The number of hydrogen-bond donors (Lipinski definition) is 2. The Kier molecular flexibility index (Phi) is 3.39. The lowest BCUT2D eigenvalue weighted by Crippen LogP contribution is -2.53. The third kappa shape index (κ3) is 2.63. The summed E-state index contributed by atoms with van der Waals surface area (Å²) in [6, 6.07) is 6.08. The molecule has 4 heteroatoms. The summed E-state index contributed by atoms with van der Waals surface area (Å²) in [4.78, 5) is 12.4. The second kappa shape index (κ2) is 4.60. The van der Waals surface area contributed by atoms with Crippen LogP contribution in [0.1, 0.15) is 39.2 Å². The summed E-state index contributed by atoms with van der Waals surface area (Å²) in [5, 5.41) is 12.5. The molecule has 0 heterocycles. The fourth-order valence-electron chi connectivity index (χ4n) is 2.06. The largest absolute Gasteiger partial charge is 0.391 e. The molecule has 0 bridgehead atoms. The first-order valence-electron chi connectivity index (χ1n) is 6.55. The lowest BCUT2D eigenvalue weighted by molar-refractivity contribution is -0.126. The van der Waals surface area contributed by atoms with Crippen molar-refractivity contribution in [3.05, 3.63) is 35.6 Å². The van der Waals surface area contributed by atoms with E-state index < -0.39 is 17.1 Å². The Morgan fingerprint density at radius 2 is 1.89 bits per heavy atom. The molecule has 1 saturated carbocycles. The first kappa shape index (κ1) is 14.0. The van der Waals surface area contributed by atoms with E-state index in [1.165, 1.54) is 12.1 Å². The van der Waals surface area contributed by atoms with E-state index in [1.54, 1.807) is 32.9 Å². The molecule has 0 spiro atoms. The zero-order chi connectivity index (χ0) is 14.3. The normalized spacial score (nSPS) is 18.8. The summed E-state index contributed by atoms with van der Waals surface area (Å²) in [5.41, 5.74) is -0.375. The van der Waals surface area contributed by atoms with E-state index in [9.17, 15) is 14.3 Å². The molecule has 19 heavy (non-hydrogen) atoms. The predicted octanol–water partition coefficient (Wildman–Crippen LogP) is 2.13. The van der Waals surface area contributed by atoms with Gasteiger partial charge in [0.25, 0.3) is 0 Å². The Labute approximate surface area is 112 Å². The van der Waals surface area contributed by atoms with Gasteiger partial charge in [-0.3, -0.25) is 4.79 Å². The van der Waals surface area contributed by atoms with Gasteiger partial charge in [0.05, 0.1) is 17.1 Å². The first-order chi connectivity index (χ1) is 8.78. The minimum absolute atomic E-state index is 0.0926. The Morgan fingerprint density at radius 3 is 2.32 bits per heavy atom. The highest BCUT2D eigenvalue weighted by molar-refractivity contribution is 5.91. The number of aliphatic hydroxyl groups is 1. The maximum atomic E-state index is 12.9. The van der Waals surface area contributed by atoms with Crippen LogP contribution in [0.5, 0.6) is 0 Å². The van der Waals surface area contributed by atoms with Crippen molar-refractivity contribution in [1.29, 1.82) is 0 Å². The van der Waals surface area contributed by atoms with Gasteiger partial charge < -0.3 is 10.4 Å². The summed E-state index contributed by atoms with van der Waals surface area (Å²) in [6.07, 6.45) is 0.890. The number of benzene rings is 1. The summed E-state index contributed by atoms with van der Waals surface area (Å²) in [7, 11) is 0. The molecular weight excluding hydrogens is 245 g/mol. The minimum atomic E-state index is -0.674. The molecule has 1 atom stereocenters. The molecule has 0 aromatic heterocycles. The maximum Gasteiger partial charge on any atom is 0.231 e. The van der Waals surface area contributed by atoms with Crippen molar-refractivity contribution in [3.63, 3.8) is 0 Å². The van der Waals surface area contributed by atoms with Crippen molar-refractivity contribution in [3.8, 4) is 0 Å². The number of carbonyl (C=O) groups excluding carboxylic acids is 1. The van der Waals surface area contributed by atoms with E-state index in [1.807, 2.05) is 0 Å². The van der Waals surface area contributed by atoms with Crippen LogP contribution in [0.3, 0.4) is 0 Å². The lowest BCUT2D eigenvalue weighted by Gasteiger charge is -2.31. The number of amides is 1. The van der Waals surface area contributed by atoms with E-state index in [0.29, 0.717) is 0 Å². The zero-order valence-corrected chi connectivity index (χ0v) is 11.5. The van der Waals surface area contributed by atoms with Gasteiger partial charge in [-0.1, -0.05) is 12.1 Å². The minimum Gasteiger partial charge on any atom is -0.391 e. The lowest BCUT2D eigenvalue weighted by atomic mass is 9.91. The molecule has 0 radical (unpaired) electrons. The van der Waals surface area contributed by atoms with Gasteiger partial charge in [0.2, 0.25) is 5.91 Å². The van der Waals surface area contributed by atoms with E-state index in [4.69, 9.17) is 0 Å². The van der Waals surface area contributed by atoms with Crippen LogP contribution >= 0.6 is 0 Å². The van der Waals surface area contributed by atoms with Gasteiger partial charge in [-0.25, -0.2) is 4.39 Å². The van der Waals surface area contributed by atoms with E-state index in [2.05, 4.69) is 5.32 Å². The van der Waals surface area contributed by atoms with E-state index in [-0.39, 0.29) is 11.7 Å². The smallest absolute Gasteiger partial charge is 0.231 e. The molecule has 1 unspecified atom stereocenters. The molecule has 1 aromatic rings. The number of carbonyl (C=O) groups is 1. The van der Waals surface area contributed by atoms with E-state index in [0.717, 1.165) is 18.4 Å². The van der Waals surface area contributed by atoms with Crippen LogP contribution < -0.4 is 5.32 Å². The number of hydrogen-bond acceptors (Lipinski definition) is 2. The fraction of sp³-hybridized carbons (Fsp3) is 0.533. The maximum absolute atomic E-state index is 12.9. The second-order valence-electron chi connectivity index (χ2n) is 5.94. The molecule has 3 nitrogen and oxygen atoms in total. The van der Waals surface area contributed by atoms with Crippen LogP contribution in [0.4, 0.5) is 4.39 Å². The quantitative estimate of drug-likeness (QED) is 0.876. The number of halogens is 1. The van der Waals surface area contributed by atoms with Gasteiger partial charge in [0, 0.05) is 0 Å². The molecule has 2 N–H and O–H groups in total. The molecule has 1 fully saturated rings. The fourth-order valence-corrected chi connectivity index (χ4v) is 2.06. The third-order valence-corrected chi connectivity index (χ3v) is 4.06. The number of nitrogens with one attached hydrogen (secondary N) is 1. The number of aliphatic hydroxyl groups excluding tert-OH is 1. The van der Waals surface area contributed by atoms with Crippen LogP contribution in [0.25, 0.3) is 0 Å².